The summed E-state index contributed by atoms with van der Waals surface area (Å²) in [6.07, 6.45) is -4.61. The minimum atomic E-state index is -4.61. The molecular weight excluding hydrogens is 315 g/mol. The average Bonchev–Trinajstić information content (AvgIpc) is 2.97. The lowest BCUT2D eigenvalue weighted by atomic mass is 9.83. The van der Waals surface area contributed by atoms with Crippen LogP contribution >= 0.6 is 0 Å². The third kappa shape index (κ3) is 2.14. The predicted octanol–water partition coefficient (Wildman–Crippen LogP) is 2.35. The summed E-state index contributed by atoms with van der Waals surface area (Å²) < 4.78 is 43.1. The molecule has 0 bridgehead atoms. The van der Waals surface area contributed by atoms with E-state index in [1.807, 2.05) is 0 Å². The van der Waals surface area contributed by atoms with E-state index in [1.54, 1.807) is 6.92 Å². The molecule has 6 nitrogen and oxygen atoms in total. The maximum atomic E-state index is 12.7. The third-order valence-electron chi connectivity index (χ3n) is 3.81. The fourth-order valence-electron chi connectivity index (χ4n) is 2.56. The van der Waals surface area contributed by atoms with Gasteiger partial charge in [0.05, 0.1) is 17.6 Å². The normalized spacial score (nSPS) is 20.5. The Morgan fingerprint density at radius 1 is 1.39 bits per heavy atom. The highest BCUT2D eigenvalue weighted by atomic mass is 19.4. The molecule has 0 saturated heterocycles. The van der Waals surface area contributed by atoms with Crippen molar-refractivity contribution >= 4 is 28.6 Å². The summed E-state index contributed by atoms with van der Waals surface area (Å²) >= 11 is 0. The zero-order valence-electron chi connectivity index (χ0n) is 12.2. The van der Waals surface area contributed by atoms with Gasteiger partial charge in [-0.15, -0.1) is 0 Å². The number of anilines is 1. The Kier molecular flexibility index (Phi) is 3.13. The van der Waals surface area contributed by atoms with Crippen molar-refractivity contribution < 1.29 is 27.5 Å². The molecule has 0 saturated carbocycles. The van der Waals surface area contributed by atoms with Crippen LogP contribution in [0, 0.1) is 0 Å². The molecule has 9 heteroatoms. The standard InChI is InChI=1S/C14H12F3N3O3/c1-3-23-12(22)13(2)6-4-8-9(5-7(6)20-11(13)21)19-10(18-8)14(15,16)17/h4-5H,3H2,1-2H3,(H,18,19)(H,20,21). The predicted molar refractivity (Wildman–Crippen MR) is 73.7 cm³/mol. The van der Waals surface area contributed by atoms with Crippen molar-refractivity contribution in [3.8, 4) is 0 Å². The van der Waals surface area contributed by atoms with Crippen molar-refractivity contribution in [2.24, 2.45) is 0 Å². The van der Waals surface area contributed by atoms with Crippen LogP contribution in [-0.2, 0) is 25.9 Å². The van der Waals surface area contributed by atoms with Gasteiger partial charge in [-0.25, -0.2) is 4.98 Å². The number of imidazole rings is 1. The molecule has 1 aliphatic rings. The van der Waals surface area contributed by atoms with E-state index in [2.05, 4.69) is 15.3 Å². The summed E-state index contributed by atoms with van der Waals surface area (Å²) in [7, 11) is 0. The second kappa shape index (κ2) is 4.71. The van der Waals surface area contributed by atoms with Crippen LogP contribution in [0.5, 0.6) is 0 Å². The SMILES string of the molecule is CCOC(=O)C1(C)C(=O)Nc2cc3[nH]c(C(F)(F)F)nc3cc21. The summed E-state index contributed by atoms with van der Waals surface area (Å²) in [5.74, 6) is -2.49. The molecule has 0 spiro atoms. The highest BCUT2D eigenvalue weighted by molar-refractivity contribution is 6.19. The van der Waals surface area contributed by atoms with Gasteiger partial charge in [-0.1, -0.05) is 0 Å². The zero-order valence-corrected chi connectivity index (χ0v) is 12.2. The van der Waals surface area contributed by atoms with Gasteiger partial charge in [0, 0.05) is 11.3 Å². The Hall–Kier alpha value is -2.58. The number of nitrogens with one attached hydrogen (secondary N) is 2. The summed E-state index contributed by atoms with van der Waals surface area (Å²) in [6.45, 7) is 3.05. The number of aromatic amines is 1. The minimum Gasteiger partial charge on any atom is -0.465 e. The number of carbonyl (C=O) groups is 2. The van der Waals surface area contributed by atoms with Crippen molar-refractivity contribution in [1.29, 1.82) is 0 Å². The van der Waals surface area contributed by atoms with Gasteiger partial charge in [0.25, 0.3) is 0 Å². The van der Waals surface area contributed by atoms with E-state index in [0.717, 1.165) is 0 Å². The highest BCUT2D eigenvalue weighted by Gasteiger charge is 2.50. The smallest absolute Gasteiger partial charge is 0.449 e. The van der Waals surface area contributed by atoms with Crippen LogP contribution in [-0.4, -0.2) is 28.5 Å². The van der Waals surface area contributed by atoms with Crippen LogP contribution < -0.4 is 5.32 Å². The number of esters is 1. The number of nitrogens with zero attached hydrogens (tertiary/aromatic N) is 1. The van der Waals surface area contributed by atoms with Crippen LogP contribution in [0.4, 0.5) is 18.9 Å². The van der Waals surface area contributed by atoms with Crippen LogP contribution in [0.1, 0.15) is 25.2 Å². The molecule has 1 aromatic heterocycles. The lowest BCUT2D eigenvalue weighted by Crippen LogP contribution is -2.40. The first-order chi connectivity index (χ1) is 10.7. The topological polar surface area (TPSA) is 84.1 Å². The summed E-state index contributed by atoms with van der Waals surface area (Å²) in [6, 6.07) is 2.63. The number of alkyl halides is 3. The quantitative estimate of drug-likeness (QED) is 0.655. The maximum Gasteiger partial charge on any atom is 0.449 e. The van der Waals surface area contributed by atoms with E-state index in [0.29, 0.717) is 0 Å². The first-order valence-electron chi connectivity index (χ1n) is 6.78. The van der Waals surface area contributed by atoms with Crippen molar-refractivity contribution in [2.45, 2.75) is 25.4 Å². The number of amides is 1. The fraction of sp³-hybridized carbons (Fsp3) is 0.357. The third-order valence-corrected chi connectivity index (χ3v) is 3.81. The van der Waals surface area contributed by atoms with Gasteiger partial charge in [-0.3, -0.25) is 9.59 Å². The van der Waals surface area contributed by atoms with E-state index < -0.39 is 29.3 Å². The molecule has 0 fully saturated rings. The van der Waals surface area contributed by atoms with Crippen LogP contribution in [0.25, 0.3) is 11.0 Å². The zero-order chi connectivity index (χ0) is 17.0. The Morgan fingerprint density at radius 3 is 2.70 bits per heavy atom. The van der Waals surface area contributed by atoms with E-state index in [4.69, 9.17) is 4.74 Å². The van der Waals surface area contributed by atoms with Gasteiger partial charge in [-0.05, 0) is 26.0 Å². The van der Waals surface area contributed by atoms with E-state index >= 15 is 0 Å². The summed E-state index contributed by atoms with van der Waals surface area (Å²) in [5.41, 5.74) is -0.978. The second-order valence-corrected chi connectivity index (χ2v) is 5.30. The molecule has 1 amide bonds. The number of halogens is 3. The number of hydrogen-bond acceptors (Lipinski definition) is 4. The van der Waals surface area contributed by atoms with Gasteiger partial charge in [0.15, 0.2) is 5.41 Å². The Labute approximate surface area is 128 Å². The number of aromatic nitrogens is 2. The molecule has 23 heavy (non-hydrogen) atoms. The Balaban J connectivity index is 2.16. The molecule has 0 aliphatic carbocycles. The van der Waals surface area contributed by atoms with Crippen molar-refractivity contribution in [3.63, 3.8) is 0 Å². The first kappa shape index (κ1) is 15.3. The van der Waals surface area contributed by atoms with Crippen LogP contribution in [0.2, 0.25) is 0 Å². The fourth-order valence-corrected chi connectivity index (χ4v) is 2.56. The van der Waals surface area contributed by atoms with Crippen molar-refractivity contribution in [1.82, 2.24) is 9.97 Å². The molecule has 0 radical (unpaired) electrons. The summed E-state index contributed by atoms with van der Waals surface area (Å²) in [4.78, 5) is 30.0. The largest absolute Gasteiger partial charge is 0.465 e. The molecule has 2 N–H and O–H groups in total. The highest BCUT2D eigenvalue weighted by Crippen LogP contribution is 2.41. The van der Waals surface area contributed by atoms with Crippen molar-refractivity contribution in [2.75, 3.05) is 11.9 Å². The molecular formula is C14H12F3N3O3. The van der Waals surface area contributed by atoms with Crippen LogP contribution in [0.3, 0.4) is 0 Å². The lowest BCUT2D eigenvalue weighted by molar-refractivity contribution is -0.152. The summed E-state index contributed by atoms with van der Waals surface area (Å²) in [5, 5.41) is 2.50. The number of rotatable bonds is 2. The van der Waals surface area contributed by atoms with Crippen molar-refractivity contribution in [3.05, 3.63) is 23.5 Å². The molecule has 1 unspecified atom stereocenters. The molecule has 2 aromatic rings. The molecule has 122 valence electrons. The number of benzene rings is 1. The Morgan fingerprint density at radius 2 is 2.09 bits per heavy atom. The minimum absolute atomic E-state index is 0.0168. The molecule has 1 aromatic carbocycles. The number of carbonyl (C=O) groups excluding carboxylic acids is 2. The number of hydrogen-bond donors (Lipinski definition) is 2. The second-order valence-electron chi connectivity index (χ2n) is 5.30. The number of H-pyrrole nitrogens is 1. The monoisotopic (exact) mass is 327 g/mol. The van der Waals surface area contributed by atoms with E-state index in [-0.39, 0.29) is 28.9 Å². The van der Waals surface area contributed by atoms with Crippen LogP contribution in [0.15, 0.2) is 12.1 Å². The maximum absolute atomic E-state index is 12.7. The van der Waals surface area contributed by atoms with Gasteiger partial charge in [0.1, 0.15) is 0 Å². The van der Waals surface area contributed by atoms with E-state index in [9.17, 15) is 22.8 Å². The molecule has 1 aliphatic heterocycles. The molecule has 3 rings (SSSR count). The average molecular weight is 327 g/mol. The molecule has 1 atom stereocenters. The first-order valence-corrected chi connectivity index (χ1v) is 6.78. The van der Waals surface area contributed by atoms with Gasteiger partial charge in [0.2, 0.25) is 11.7 Å². The number of ether oxygens (including phenoxy) is 1. The van der Waals surface area contributed by atoms with Gasteiger partial charge >= 0.3 is 12.1 Å². The number of fused-ring (bicyclic) bond motifs is 2. The Bertz CT molecular complexity index is 828. The van der Waals surface area contributed by atoms with E-state index in [1.165, 1.54) is 19.1 Å². The van der Waals surface area contributed by atoms with Gasteiger partial charge < -0.3 is 15.0 Å². The van der Waals surface area contributed by atoms with Gasteiger partial charge in [-0.2, -0.15) is 13.2 Å². The lowest BCUT2D eigenvalue weighted by Gasteiger charge is -2.19. The molecule has 2 heterocycles.